The number of amides is 1. The van der Waals surface area contributed by atoms with Crippen molar-refractivity contribution in [2.45, 2.75) is 45.3 Å². The molecule has 0 aromatic carbocycles. The normalized spacial score (nSPS) is 16.7. The van der Waals surface area contributed by atoms with Crippen LogP contribution in [0.15, 0.2) is 23.8 Å². The molecule has 1 aliphatic carbocycles. The number of hydrogen-bond acceptors (Lipinski definition) is 3. The molecule has 1 rings (SSSR count). The van der Waals surface area contributed by atoms with Crippen molar-refractivity contribution < 1.29 is 19.4 Å². The molecule has 1 amide bonds. The summed E-state index contributed by atoms with van der Waals surface area (Å²) >= 11 is 0. The van der Waals surface area contributed by atoms with E-state index in [1.807, 2.05) is 18.2 Å². The molecule has 1 aliphatic rings. The monoisotopic (exact) mass is 253 g/mol. The molecule has 0 bridgehead atoms. The summed E-state index contributed by atoms with van der Waals surface area (Å²) in [6.45, 7) is 5.18. The number of carbonyl (C=O) groups is 2. The maximum Gasteiger partial charge on any atom is 0.408 e. The van der Waals surface area contributed by atoms with Crippen LogP contribution in [0.3, 0.4) is 0 Å². The van der Waals surface area contributed by atoms with Gasteiger partial charge in [0.2, 0.25) is 0 Å². The quantitative estimate of drug-likeness (QED) is 0.756. The van der Waals surface area contributed by atoms with Gasteiger partial charge in [-0.3, -0.25) is 0 Å². The first-order valence-corrected chi connectivity index (χ1v) is 5.86. The van der Waals surface area contributed by atoms with Crippen molar-refractivity contribution >= 4 is 12.1 Å². The maximum atomic E-state index is 11.6. The molecule has 2 N–H and O–H groups in total. The van der Waals surface area contributed by atoms with Crippen molar-refractivity contribution in [2.75, 3.05) is 0 Å². The number of alkyl carbamates (subject to hydrolysis) is 1. The summed E-state index contributed by atoms with van der Waals surface area (Å²) in [5.41, 5.74) is 0.0319. The van der Waals surface area contributed by atoms with Gasteiger partial charge in [0.05, 0.1) is 0 Å². The van der Waals surface area contributed by atoms with Gasteiger partial charge in [0.25, 0.3) is 0 Å². The highest BCUT2D eigenvalue weighted by molar-refractivity contribution is 5.83. The average Bonchev–Trinajstić information content (AvgIpc) is 2.24. The summed E-state index contributed by atoms with van der Waals surface area (Å²) in [6.07, 6.45) is 6.17. The van der Waals surface area contributed by atoms with E-state index in [9.17, 15) is 9.59 Å². The average molecular weight is 253 g/mol. The largest absolute Gasteiger partial charge is 0.479 e. The van der Waals surface area contributed by atoms with E-state index < -0.39 is 23.7 Å². The molecular weight excluding hydrogens is 234 g/mol. The minimum Gasteiger partial charge on any atom is -0.479 e. The highest BCUT2D eigenvalue weighted by Gasteiger charge is 2.26. The Morgan fingerprint density at radius 3 is 2.50 bits per heavy atom. The third-order valence-electron chi connectivity index (χ3n) is 2.32. The smallest absolute Gasteiger partial charge is 0.408 e. The zero-order chi connectivity index (χ0) is 13.8. The molecule has 100 valence electrons. The maximum absolute atomic E-state index is 11.6. The fourth-order valence-electron chi connectivity index (χ4n) is 1.59. The van der Waals surface area contributed by atoms with Gasteiger partial charge in [-0.15, -0.1) is 0 Å². The molecule has 0 spiro atoms. The molecule has 18 heavy (non-hydrogen) atoms. The van der Waals surface area contributed by atoms with Crippen LogP contribution in [0.4, 0.5) is 4.79 Å². The van der Waals surface area contributed by atoms with Gasteiger partial charge in [0.1, 0.15) is 5.60 Å². The topological polar surface area (TPSA) is 75.6 Å². The Morgan fingerprint density at radius 2 is 2.06 bits per heavy atom. The van der Waals surface area contributed by atoms with Crippen molar-refractivity contribution in [2.24, 2.45) is 0 Å². The lowest BCUT2D eigenvalue weighted by Gasteiger charge is -2.23. The molecule has 0 aromatic rings. The van der Waals surface area contributed by atoms with Gasteiger partial charge in [0, 0.05) is 0 Å². The predicted octanol–water partition coefficient (Wildman–Crippen LogP) is 2.24. The van der Waals surface area contributed by atoms with E-state index in [4.69, 9.17) is 9.84 Å². The number of aliphatic carboxylic acids is 1. The summed E-state index contributed by atoms with van der Waals surface area (Å²) in [7, 11) is 0. The standard InChI is InChI=1S/C13H19NO4/c1-13(2,3)18-12(17)14-10(11(15)16)9-7-5-4-6-8-9/h4-5,8,10H,6-7H2,1-3H3,(H,14,17)(H,15,16)/t10-/m0/s1. The molecule has 5 nitrogen and oxygen atoms in total. The molecule has 0 saturated heterocycles. The molecule has 1 atom stereocenters. The van der Waals surface area contributed by atoms with E-state index >= 15 is 0 Å². The van der Waals surface area contributed by atoms with Gasteiger partial charge >= 0.3 is 12.1 Å². The van der Waals surface area contributed by atoms with E-state index in [1.165, 1.54) is 0 Å². The van der Waals surface area contributed by atoms with Crippen molar-refractivity contribution in [1.29, 1.82) is 0 Å². The molecular formula is C13H19NO4. The van der Waals surface area contributed by atoms with Crippen LogP contribution < -0.4 is 5.32 Å². The second kappa shape index (κ2) is 5.71. The molecule has 0 fully saturated rings. The number of nitrogens with one attached hydrogen (secondary N) is 1. The van der Waals surface area contributed by atoms with Crippen LogP contribution in [0, 0.1) is 0 Å². The van der Waals surface area contributed by atoms with Crippen LogP contribution in [0.5, 0.6) is 0 Å². The summed E-state index contributed by atoms with van der Waals surface area (Å²) in [6, 6.07) is -1.02. The lowest BCUT2D eigenvalue weighted by atomic mass is 9.99. The lowest BCUT2D eigenvalue weighted by molar-refractivity contribution is -0.138. The summed E-state index contributed by atoms with van der Waals surface area (Å²) < 4.78 is 5.05. The predicted molar refractivity (Wildman–Crippen MR) is 67.3 cm³/mol. The molecule has 0 saturated carbocycles. The number of hydrogen-bond donors (Lipinski definition) is 2. The highest BCUT2D eigenvalue weighted by Crippen LogP contribution is 2.16. The van der Waals surface area contributed by atoms with Gasteiger partial charge in [-0.05, 0) is 39.2 Å². The van der Waals surface area contributed by atoms with E-state index in [-0.39, 0.29) is 0 Å². The number of rotatable bonds is 3. The molecule has 0 unspecified atom stereocenters. The SMILES string of the molecule is CC(C)(C)OC(=O)N[C@H](C(=O)O)C1=CCC=CC1. The Bertz CT molecular complexity index is 390. The minimum atomic E-state index is -1.08. The van der Waals surface area contributed by atoms with Crippen LogP contribution in [-0.4, -0.2) is 28.8 Å². The molecule has 0 aromatic heterocycles. The Kier molecular flexibility index (Phi) is 4.53. The van der Waals surface area contributed by atoms with E-state index in [2.05, 4.69) is 5.32 Å². The van der Waals surface area contributed by atoms with Gasteiger partial charge < -0.3 is 15.2 Å². The number of carbonyl (C=O) groups excluding carboxylic acids is 1. The van der Waals surface area contributed by atoms with Gasteiger partial charge in [-0.2, -0.15) is 0 Å². The second-order valence-electron chi connectivity index (χ2n) is 5.11. The van der Waals surface area contributed by atoms with Crippen molar-refractivity contribution in [3.05, 3.63) is 23.8 Å². The first-order chi connectivity index (χ1) is 8.29. The van der Waals surface area contributed by atoms with Crippen LogP contribution in [0.25, 0.3) is 0 Å². The van der Waals surface area contributed by atoms with Crippen molar-refractivity contribution in [1.82, 2.24) is 5.32 Å². The highest BCUT2D eigenvalue weighted by atomic mass is 16.6. The van der Waals surface area contributed by atoms with Crippen LogP contribution in [-0.2, 0) is 9.53 Å². The molecule has 0 heterocycles. The Balaban J connectivity index is 2.67. The fraction of sp³-hybridized carbons (Fsp3) is 0.538. The molecule has 0 aliphatic heterocycles. The number of carboxylic acid groups (broad SMARTS) is 1. The van der Waals surface area contributed by atoms with Gasteiger partial charge in [-0.1, -0.05) is 18.2 Å². The van der Waals surface area contributed by atoms with Crippen molar-refractivity contribution in [3.63, 3.8) is 0 Å². The minimum absolute atomic E-state index is 0.534. The van der Waals surface area contributed by atoms with E-state index in [0.717, 1.165) is 0 Å². The first-order valence-electron chi connectivity index (χ1n) is 5.86. The summed E-state index contributed by atoms with van der Waals surface area (Å²) in [5, 5.41) is 11.5. The zero-order valence-electron chi connectivity index (χ0n) is 10.9. The number of ether oxygens (including phenoxy) is 1. The third kappa shape index (κ3) is 4.61. The number of carboxylic acids is 1. The third-order valence-corrected chi connectivity index (χ3v) is 2.32. The number of allylic oxidation sites excluding steroid dienone is 3. The Labute approximate surface area is 107 Å². The van der Waals surface area contributed by atoms with Crippen molar-refractivity contribution in [3.8, 4) is 0 Å². The second-order valence-corrected chi connectivity index (χ2v) is 5.11. The van der Waals surface area contributed by atoms with E-state index in [0.29, 0.717) is 18.4 Å². The lowest BCUT2D eigenvalue weighted by Crippen LogP contribution is -2.44. The van der Waals surface area contributed by atoms with Crippen LogP contribution >= 0.6 is 0 Å². The molecule has 5 heteroatoms. The summed E-state index contributed by atoms with van der Waals surface area (Å²) in [5.74, 6) is -1.08. The summed E-state index contributed by atoms with van der Waals surface area (Å²) in [4.78, 5) is 22.7. The fourth-order valence-corrected chi connectivity index (χ4v) is 1.59. The molecule has 0 radical (unpaired) electrons. The Hall–Kier alpha value is -1.78. The zero-order valence-corrected chi connectivity index (χ0v) is 10.9. The van der Waals surface area contributed by atoms with Crippen LogP contribution in [0.2, 0.25) is 0 Å². The van der Waals surface area contributed by atoms with E-state index in [1.54, 1.807) is 20.8 Å². The van der Waals surface area contributed by atoms with Gasteiger partial charge in [-0.25, -0.2) is 9.59 Å². The first kappa shape index (κ1) is 14.3. The van der Waals surface area contributed by atoms with Crippen LogP contribution in [0.1, 0.15) is 33.6 Å². The Morgan fingerprint density at radius 1 is 1.39 bits per heavy atom. The van der Waals surface area contributed by atoms with Gasteiger partial charge in [0.15, 0.2) is 6.04 Å².